The number of carbonyl (C=O) groups excluding carboxylic acids is 1. The highest BCUT2D eigenvalue weighted by Gasteiger charge is 2.01. The van der Waals surface area contributed by atoms with Crippen LogP contribution >= 0.6 is 11.8 Å². The molecule has 0 aliphatic rings. The first kappa shape index (κ1) is 13.2. The van der Waals surface area contributed by atoms with Crippen molar-refractivity contribution < 1.29 is 4.79 Å². The summed E-state index contributed by atoms with van der Waals surface area (Å²) in [6.45, 7) is 0. The van der Waals surface area contributed by atoms with E-state index < -0.39 is 0 Å². The zero-order chi connectivity index (χ0) is 13.3. The van der Waals surface area contributed by atoms with Gasteiger partial charge in [0.15, 0.2) is 0 Å². The van der Waals surface area contributed by atoms with Crippen LogP contribution in [0.3, 0.4) is 0 Å². The second-order valence-electron chi connectivity index (χ2n) is 3.50. The van der Waals surface area contributed by atoms with Crippen molar-refractivity contribution in [2.45, 2.75) is 5.03 Å². The van der Waals surface area contributed by atoms with Crippen LogP contribution in [0.25, 0.3) is 0 Å². The molecule has 0 aliphatic heterocycles. The molecule has 2 heterocycles. The van der Waals surface area contributed by atoms with Crippen LogP contribution in [-0.4, -0.2) is 27.8 Å². The van der Waals surface area contributed by atoms with E-state index >= 15 is 0 Å². The van der Waals surface area contributed by atoms with Crippen LogP contribution in [0.2, 0.25) is 0 Å². The molecule has 0 bridgehead atoms. The number of thioether (sulfide) groups is 1. The van der Waals surface area contributed by atoms with E-state index in [4.69, 9.17) is 0 Å². The quantitative estimate of drug-likeness (QED) is 0.511. The average Bonchev–Trinajstić information content (AvgIpc) is 2.47. The lowest BCUT2D eigenvalue weighted by Gasteiger charge is -1.99. The van der Waals surface area contributed by atoms with Crippen LogP contribution in [-0.2, 0) is 4.79 Å². The Hall–Kier alpha value is -2.21. The van der Waals surface area contributed by atoms with Crippen molar-refractivity contribution in [3.8, 4) is 0 Å². The van der Waals surface area contributed by atoms with Gasteiger partial charge in [0, 0.05) is 12.4 Å². The maximum absolute atomic E-state index is 11.5. The summed E-state index contributed by atoms with van der Waals surface area (Å²) in [5.74, 6) is 0.0964. The molecule has 2 aromatic heterocycles. The molecular weight excluding hydrogens is 260 g/mol. The van der Waals surface area contributed by atoms with E-state index in [9.17, 15) is 4.79 Å². The fourth-order valence-electron chi connectivity index (χ4n) is 1.23. The Bertz CT molecular complexity index is 545. The SMILES string of the molecule is O=C(CSc1ccccn1)N/N=C/c1ccccn1. The molecule has 0 fully saturated rings. The standard InChI is InChI=1S/C13H12N4OS/c18-12(10-19-13-6-2-4-8-15-13)17-16-9-11-5-1-3-7-14-11/h1-9H,10H2,(H,17,18)/b16-9+. The van der Waals surface area contributed by atoms with Crippen LogP contribution in [0.5, 0.6) is 0 Å². The fourth-order valence-corrected chi connectivity index (χ4v) is 1.88. The molecule has 0 atom stereocenters. The fraction of sp³-hybridized carbons (Fsp3) is 0.0769. The van der Waals surface area contributed by atoms with Crippen molar-refractivity contribution in [1.82, 2.24) is 15.4 Å². The first-order valence-electron chi connectivity index (χ1n) is 5.61. The predicted octanol–water partition coefficient (Wildman–Crippen LogP) is 1.72. The number of rotatable bonds is 5. The summed E-state index contributed by atoms with van der Waals surface area (Å²) in [6, 6.07) is 11.0. The number of hydrogen-bond donors (Lipinski definition) is 1. The summed E-state index contributed by atoms with van der Waals surface area (Å²) in [4.78, 5) is 19.7. The maximum Gasteiger partial charge on any atom is 0.250 e. The van der Waals surface area contributed by atoms with E-state index in [-0.39, 0.29) is 11.7 Å². The molecule has 19 heavy (non-hydrogen) atoms. The Morgan fingerprint density at radius 3 is 2.68 bits per heavy atom. The maximum atomic E-state index is 11.5. The molecule has 2 rings (SSSR count). The number of hydrogen-bond acceptors (Lipinski definition) is 5. The van der Waals surface area contributed by atoms with Gasteiger partial charge in [-0.15, -0.1) is 0 Å². The first-order valence-corrected chi connectivity index (χ1v) is 6.60. The smallest absolute Gasteiger partial charge is 0.250 e. The molecule has 0 unspecified atom stereocenters. The first-order chi connectivity index (χ1) is 9.34. The minimum atomic E-state index is -0.178. The highest BCUT2D eigenvalue weighted by atomic mass is 32.2. The topological polar surface area (TPSA) is 67.2 Å². The second-order valence-corrected chi connectivity index (χ2v) is 4.50. The minimum Gasteiger partial charge on any atom is -0.272 e. The van der Waals surface area contributed by atoms with E-state index in [1.807, 2.05) is 30.3 Å². The van der Waals surface area contributed by atoms with Gasteiger partial charge in [-0.3, -0.25) is 9.78 Å². The van der Waals surface area contributed by atoms with Crippen molar-refractivity contribution in [2.24, 2.45) is 5.10 Å². The molecule has 0 saturated carbocycles. The van der Waals surface area contributed by atoms with Crippen LogP contribution < -0.4 is 5.43 Å². The monoisotopic (exact) mass is 272 g/mol. The zero-order valence-corrected chi connectivity index (χ0v) is 10.9. The minimum absolute atomic E-state index is 0.178. The van der Waals surface area contributed by atoms with Gasteiger partial charge in [0.1, 0.15) is 0 Å². The normalized spacial score (nSPS) is 10.5. The van der Waals surface area contributed by atoms with E-state index in [0.29, 0.717) is 5.69 Å². The van der Waals surface area contributed by atoms with Gasteiger partial charge in [0.25, 0.3) is 0 Å². The number of aromatic nitrogens is 2. The molecule has 0 spiro atoms. The lowest BCUT2D eigenvalue weighted by Crippen LogP contribution is -2.19. The summed E-state index contributed by atoms with van der Waals surface area (Å²) >= 11 is 1.36. The third kappa shape index (κ3) is 4.89. The molecule has 0 saturated heterocycles. The predicted molar refractivity (Wildman–Crippen MR) is 74.9 cm³/mol. The largest absolute Gasteiger partial charge is 0.272 e. The lowest BCUT2D eigenvalue weighted by atomic mass is 10.4. The van der Waals surface area contributed by atoms with Crippen LogP contribution in [0.4, 0.5) is 0 Å². The van der Waals surface area contributed by atoms with Gasteiger partial charge >= 0.3 is 0 Å². The summed E-state index contributed by atoms with van der Waals surface area (Å²) < 4.78 is 0. The van der Waals surface area contributed by atoms with Crippen LogP contribution in [0, 0.1) is 0 Å². The van der Waals surface area contributed by atoms with Crippen molar-refractivity contribution in [1.29, 1.82) is 0 Å². The lowest BCUT2D eigenvalue weighted by molar-refractivity contribution is -0.118. The van der Waals surface area contributed by atoms with Gasteiger partial charge in [-0.25, -0.2) is 10.4 Å². The molecule has 1 amide bonds. The Balaban J connectivity index is 1.75. The summed E-state index contributed by atoms with van der Waals surface area (Å²) in [6.07, 6.45) is 4.86. The van der Waals surface area contributed by atoms with E-state index in [0.717, 1.165) is 5.03 Å². The average molecular weight is 272 g/mol. The molecule has 96 valence electrons. The summed E-state index contributed by atoms with van der Waals surface area (Å²) in [7, 11) is 0. The zero-order valence-electron chi connectivity index (χ0n) is 10.1. The van der Waals surface area contributed by atoms with Crippen molar-refractivity contribution >= 4 is 23.9 Å². The number of nitrogens with one attached hydrogen (secondary N) is 1. The Morgan fingerprint density at radius 2 is 2.00 bits per heavy atom. The van der Waals surface area contributed by atoms with Crippen molar-refractivity contribution in [3.63, 3.8) is 0 Å². The van der Waals surface area contributed by atoms with E-state index in [1.54, 1.807) is 18.5 Å². The molecule has 2 aromatic rings. The molecule has 5 nitrogen and oxygen atoms in total. The number of nitrogens with zero attached hydrogens (tertiary/aromatic N) is 3. The number of amides is 1. The van der Waals surface area contributed by atoms with Gasteiger partial charge in [-0.05, 0) is 24.3 Å². The Labute approximate surface area is 115 Å². The number of hydrazone groups is 1. The van der Waals surface area contributed by atoms with Gasteiger partial charge < -0.3 is 0 Å². The molecular formula is C13H12N4OS. The second kappa shape index (κ2) is 7.27. The van der Waals surface area contributed by atoms with Crippen LogP contribution in [0.1, 0.15) is 5.69 Å². The van der Waals surface area contributed by atoms with Gasteiger partial charge in [-0.2, -0.15) is 5.10 Å². The van der Waals surface area contributed by atoms with Crippen molar-refractivity contribution in [3.05, 3.63) is 54.5 Å². The molecule has 6 heteroatoms. The Kier molecular flexibility index (Phi) is 5.06. The number of carbonyl (C=O) groups is 1. The number of pyridine rings is 2. The van der Waals surface area contributed by atoms with Crippen LogP contribution in [0.15, 0.2) is 58.9 Å². The summed E-state index contributed by atoms with van der Waals surface area (Å²) in [5, 5.41) is 4.64. The van der Waals surface area contributed by atoms with Crippen molar-refractivity contribution in [2.75, 3.05) is 5.75 Å². The molecule has 1 N–H and O–H groups in total. The van der Waals surface area contributed by atoms with Gasteiger partial charge in [0.05, 0.1) is 22.7 Å². The molecule has 0 aliphatic carbocycles. The summed E-state index contributed by atoms with van der Waals surface area (Å²) in [5.41, 5.74) is 3.14. The van der Waals surface area contributed by atoms with Gasteiger partial charge in [-0.1, -0.05) is 23.9 Å². The van der Waals surface area contributed by atoms with Gasteiger partial charge in [0.2, 0.25) is 5.91 Å². The Morgan fingerprint density at radius 1 is 1.21 bits per heavy atom. The third-order valence-electron chi connectivity index (χ3n) is 2.06. The van der Waals surface area contributed by atoms with E-state index in [2.05, 4.69) is 20.5 Å². The third-order valence-corrected chi connectivity index (χ3v) is 3.01. The van der Waals surface area contributed by atoms with E-state index in [1.165, 1.54) is 18.0 Å². The molecule has 0 aromatic carbocycles. The molecule has 0 radical (unpaired) electrons. The highest BCUT2D eigenvalue weighted by Crippen LogP contribution is 2.12. The highest BCUT2D eigenvalue weighted by molar-refractivity contribution is 7.99.